The van der Waals surface area contributed by atoms with Gasteiger partial charge in [-0.25, -0.2) is 0 Å². The van der Waals surface area contributed by atoms with Gasteiger partial charge in [0.15, 0.2) is 0 Å². The average Bonchev–Trinajstić information content (AvgIpc) is 2.76. The third-order valence-corrected chi connectivity index (χ3v) is 4.26. The van der Waals surface area contributed by atoms with Crippen molar-refractivity contribution >= 4 is 23.2 Å². The molecule has 7 nitrogen and oxygen atoms in total. The van der Waals surface area contributed by atoms with Crippen LogP contribution in [0, 0.1) is 0 Å². The molecule has 0 saturated heterocycles. The van der Waals surface area contributed by atoms with Crippen LogP contribution in [0.25, 0.3) is 0 Å². The van der Waals surface area contributed by atoms with Gasteiger partial charge in [0.2, 0.25) is 5.95 Å². The maximum absolute atomic E-state index is 9.35. The van der Waals surface area contributed by atoms with E-state index in [1.807, 2.05) is 36.4 Å². The number of nitrogens with one attached hydrogen (secondary N) is 1. The van der Waals surface area contributed by atoms with E-state index in [0.717, 1.165) is 5.56 Å². The molecule has 0 fully saturated rings. The van der Waals surface area contributed by atoms with Crippen molar-refractivity contribution in [2.45, 2.75) is 6.61 Å². The van der Waals surface area contributed by atoms with Gasteiger partial charge in [0.05, 0.1) is 11.6 Å². The molecule has 0 aliphatic heterocycles. The van der Waals surface area contributed by atoms with Gasteiger partial charge in [-0.3, -0.25) is 0 Å². The molecule has 2 N–H and O–H groups in total. The average molecular weight is 421 g/mol. The van der Waals surface area contributed by atoms with Crippen LogP contribution in [0.15, 0.2) is 78.9 Å². The molecule has 0 spiro atoms. The van der Waals surface area contributed by atoms with E-state index in [0.29, 0.717) is 22.2 Å². The number of benzene rings is 3. The van der Waals surface area contributed by atoms with Crippen LogP contribution in [0.1, 0.15) is 5.56 Å². The van der Waals surface area contributed by atoms with E-state index < -0.39 is 0 Å². The van der Waals surface area contributed by atoms with Crippen molar-refractivity contribution in [3.8, 4) is 23.5 Å². The Hall–Kier alpha value is -3.68. The fourth-order valence-corrected chi connectivity index (χ4v) is 2.76. The first-order valence-corrected chi connectivity index (χ1v) is 9.45. The molecular weight excluding hydrogens is 404 g/mol. The zero-order valence-corrected chi connectivity index (χ0v) is 16.5. The number of aliphatic hydroxyl groups excluding tert-OH is 1. The third-order valence-electron chi connectivity index (χ3n) is 3.95. The summed E-state index contributed by atoms with van der Waals surface area (Å²) in [6.45, 7) is -0.0735. The SMILES string of the molecule is OCc1cccc(Nc2nc(Oc3ccccc3)nc(Oc3ccccc3Cl)n2)c1. The first-order valence-electron chi connectivity index (χ1n) is 9.08. The standard InChI is InChI=1S/C22H17ClN4O3/c23-18-11-4-5-12-19(18)30-22-26-20(24-16-8-6-7-15(13-16)14-28)25-21(27-22)29-17-9-2-1-3-10-17/h1-13,28H,14H2,(H,24,25,26,27). The quantitative estimate of drug-likeness (QED) is 0.416. The summed E-state index contributed by atoms with van der Waals surface area (Å²) in [6.07, 6.45) is 0. The fraction of sp³-hybridized carbons (Fsp3) is 0.0455. The largest absolute Gasteiger partial charge is 0.424 e. The second-order valence-corrected chi connectivity index (χ2v) is 6.56. The molecule has 0 atom stereocenters. The molecule has 150 valence electrons. The molecule has 0 aliphatic carbocycles. The van der Waals surface area contributed by atoms with E-state index in [-0.39, 0.29) is 24.6 Å². The first-order chi connectivity index (χ1) is 14.7. The highest BCUT2D eigenvalue weighted by Gasteiger charge is 2.12. The molecule has 1 heterocycles. The summed E-state index contributed by atoms with van der Waals surface area (Å²) in [7, 11) is 0. The summed E-state index contributed by atoms with van der Waals surface area (Å²) in [5.74, 6) is 1.19. The van der Waals surface area contributed by atoms with Gasteiger partial charge >= 0.3 is 12.0 Å². The van der Waals surface area contributed by atoms with E-state index in [2.05, 4.69) is 20.3 Å². The van der Waals surface area contributed by atoms with Crippen molar-refractivity contribution in [1.82, 2.24) is 15.0 Å². The number of aliphatic hydroxyl groups is 1. The molecule has 0 bridgehead atoms. The van der Waals surface area contributed by atoms with Gasteiger partial charge in [0, 0.05) is 5.69 Å². The molecule has 0 saturated carbocycles. The number of halogens is 1. The Kier molecular flexibility index (Phi) is 6.03. The fourth-order valence-electron chi connectivity index (χ4n) is 2.58. The number of para-hydroxylation sites is 2. The Morgan fingerprint density at radius 3 is 2.30 bits per heavy atom. The van der Waals surface area contributed by atoms with Gasteiger partial charge < -0.3 is 19.9 Å². The summed E-state index contributed by atoms with van der Waals surface area (Å²) < 4.78 is 11.5. The highest BCUT2D eigenvalue weighted by Crippen LogP contribution is 2.29. The van der Waals surface area contributed by atoms with Crippen molar-refractivity contribution in [2.75, 3.05) is 5.32 Å². The normalized spacial score (nSPS) is 10.5. The van der Waals surface area contributed by atoms with E-state index >= 15 is 0 Å². The molecule has 4 rings (SSSR count). The van der Waals surface area contributed by atoms with E-state index in [9.17, 15) is 5.11 Å². The summed E-state index contributed by atoms with van der Waals surface area (Å²) in [5.41, 5.74) is 1.45. The van der Waals surface area contributed by atoms with Crippen molar-refractivity contribution in [1.29, 1.82) is 0 Å². The van der Waals surface area contributed by atoms with Gasteiger partial charge in [-0.05, 0) is 42.0 Å². The molecule has 30 heavy (non-hydrogen) atoms. The number of anilines is 2. The van der Waals surface area contributed by atoms with E-state index in [1.165, 1.54) is 0 Å². The Bertz CT molecular complexity index is 1140. The number of rotatable bonds is 7. The number of ether oxygens (including phenoxy) is 2. The number of nitrogens with zero attached hydrogens (tertiary/aromatic N) is 3. The Balaban J connectivity index is 1.67. The van der Waals surface area contributed by atoms with Crippen molar-refractivity contribution < 1.29 is 14.6 Å². The van der Waals surface area contributed by atoms with Gasteiger partial charge in [0.25, 0.3) is 0 Å². The number of hydrogen-bond donors (Lipinski definition) is 2. The molecule has 3 aromatic carbocycles. The Morgan fingerprint density at radius 2 is 1.53 bits per heavy atom. The van der Waals surface area contributed by atoms with Crippen molar-refractivity contribution in [3.05, 3.63) is 89.4 Å². The molecule has 0 amide bonds. The van der Waals surface area contributed by atoms with Crippen LogP contribution in [-0.4, -0.2) is 20.1 Å². The monoisotopic (exact) mass is 420 g/mol. The number of aromatic nitrogens is 3. The predicted octanol–water partition coefficient (Wildman–Crippen LogP) is 5.35. The lowest BCUT2D eigenvalue weighted by molar-refractivity contribution is 0.282. The van der Waals surface area contributed by atoms with Crippen LogP contribution in [0.3, 0.4) is 0 Å². The van der Waals surface area contributed by atoms with E-state index in [4.69, 9.17) is 21.1 Å². The molecule has 0 unspecified atom stereocenters. The first kappa shape index (κ1) is 19.6. The Morgan fingerprint density at radius 1 is 0.800 bits per heavy atom. The van der Waals surface area contributed by atoms with Gasteiger partial charge in [-0.15, -0.1) is 4.98 Å². The summed E-state index contributed by atoms with van der Waals surface area (Å²) in [6, 6.07) is 23.5. The molecule has 0 radical (unpaired) electrons. The minimum atomic E-state index is -0.0735. The highest BCUT2D eigenvalue weighted by molar-refractivity contribution is 6.32. The molecule has 0 aliphatic rings. The number of hydrogen-bond acceptors (Lipinski definition) is 7. The smallest absolute Gasteiger partial charge is 0.330 e. The zero-order valence-electron chi connectivity index (χ0n) is 15.7. The van der Waals surface area contributed by atoms with Gasteiger partial charge in [0.1, 0.15) is 11.5 Å². The topological polar surface area (TPSA) is 89.4 Å². The van der Waals surface area contributed by atoms with Crippen molar-refractivity contribution in [2.24, 2.45) is 0 Å². The maximum atomic E-state index is 9.35. The summed E-state index contributed by atoms with van der Waals surface area (Å²) in [5, 5.41) is 12.9. The second-order valence-electron chi connectivity index (χ2n) is 6.16. The second kappa shape index (κ2) is 9.21. The summed E-state index contributed by atoms with van der Waals surface area (Å²) in [4.78, 5) is 12.9. The van der Waals surface area contributed by atoms with Crippen LogP contribution < -0.4 is 14.8 Å². The Labute approximate surface area is 178 Å². The van der Waals surface area contributed by atoms with E-state index in [1.54, 1.807) is 42.5 Å². The van der Waals surface area contributed by atoms with Gasteiger partial charge in [-0.2, -0.15) is 9.97 Å². The molecule has 4 aromatic rings. The lowest BCUT2D eigenvalue weighted by Gasteiger charge is -2.11. The van der Waals surface area contributed by atoms with Gasteiger partial charge in [-0.1, -0.05) is 54.1 Å². The predicted molar refractivity (Wildman–Crippen MR) is 114 cm³/mol. The molecule has 8 heteroatoms. The third kappa shape index (κ3) is 5.02. The molecular formula is C22H17ClN4O3. The minimum absolute atomic E-state index is 0.0184. The van der Waals surface area contributed by atoms with Crippen LogP contribution in [0.5, 0.6) is 23.5 Å². The summed E-state index contributed by atoms with van der Waals surface area (Å²) >= 11 is 6.18. The minimum Gasteiger partial charge on any atom is -0.424 e. The van der Waals surface area contributed by atoms with Crippen LogP contribution >= 0.6 is 11.6 Å². The van der Waals surface area contributed by atoms with Crippen LogP contribution in [-0.2, 0) is 6.61 Å². The lowest BCUT2D eigenvalue weighted by Crippen LogP contribution is -2.04. The lowest BCUT2D eigenvalue weighted by atomic mass is 10.2. The van der Waals surface area contributed by atoms with Crippen LogP contribution in [0.4, 0.5) is 11.6 Å². The zero-order chi connectivity index (χ0) is 20.8. The highest BCUT2D eigenvalue weighted by atomic mass is 35.5. The maximum Gasteiger partial charge on any atom is 0.330 e. The molecule has 1 aromatic heterocycles. The van der Waals surface area contributed by atoms with Crippen LogP contribution in [0.2, 0.25) is 5.02 Å². The van der Waals surface area contributed by atoms with Crippen molar-refractivity contribution in [3.63, 3.8) is 0 Å².